The molecule has 2 saturated carbocycles. The van der Waals surface area contributed by atoms with Gasteiger partial charge in [-0.25, -0.2) is 10.1 Å². The van der Waals surface area contributed by atoms with Gasteiger partial charge >= 0.3 is 0 Å². The number of anilines is 4. The molecule has 1 saturated heterocycles. The highest BCUT2D eigenvalue weighted by molar-refractivity contribution is 5.90. The molecule has 0 unspecified atom stereocenters. The van der Waals surface area contributed by atoms with E-state index in [0.29, 0.717) is 34.1 Å². The zero-order valence-electron chi connectivity index (χ0n) is 19.9. The van der Waals surface area contributed by atoms with Crippen LogP contribution < -0.4 is 20.7 Å². The Morgan fingerprint density at radius 3 is 2.47 bits per heavy atom. The van der Waals surface area contributed by atoms with Gasteiger partial charge in [-0.15, -0.1) is 0 Å². The number of hydrogen-bond acceptors (Lipinski definition) is 7. The average molecular weight is 460 g/mol. The normalized spacial score (nSPS) is 20.0. The van der Waals surface area contributed by atoms with Crippen molar-refractivity contribution in [1.29, 1.82) is 0 Å². The molecule has 3 fully saturated rings. The van der Waals surface area contributed by atoms with Gasteiger partial charge in [0.1, 0.15) is 16.7 Å². The van der Waals surface area contributed by atoms with Crippen molar-refractivity contribution < 1.29 is 0 Å². The highest BCUT2D eigenvalue weighted by Crippen LogP contribution is 2.53. The van der Waals surface area contributed by atoms with E-state index in [9.17, 15) is 4.79 Å². The molecule has 6 rings (SSSR count). The molecule has 1 aliphatic heterocycles. The quantitative estimate of drug-likeness (QED) is 0.576. The van der Waals surface area contributed by atoms with Gasteiger partial charge in [-0.3, -0.25) is 4.79 Å². The van der Waals surface area contributed by atoms with Gasteiger partial charge in [-0.2, -0.15) is 10.1 Å². The lowest BCUT2D eigenvalue weighted by atomic mass is 9.93. The van der Waals surface area contributed by atoms with Crippen LogP contribution in [0.5, 0.6) is 0 Å². The van der Waals surface area contributed by atoms with Crippen LogP contribution in [-0.4, -0.2) is 46.3 Å². The number of piperidine rings is 1. The SMILES string of the molecule is CN(c1nc(Nc2ccc(N3CCC4(CC3)CC4)cc2)c2c(=O)[nH]ncc2n1)C1CCCCC1. The van der Waals surface area contributed by atoms with Crippen LogP contribution in [0.15, 0.2) is 35.3 Å². The van der Waals surface area contributed by atoms with Crippen molar-refractivity contribution in [3.8, 4) is 0 Å². The van der Waals surface area contributed by atoms with Gasteiger partial charge in [0.2, 0.25) is 5.95 Å². The fourth-order valence-corrected chi connectivity index (χ4v) is 5.68. The smallest absolute Gasteiger partial charge is 0.277 e. The molecule has 8 nitrogen and oxygen atoms in total. The first-order chi connectivity index (χ1) is 16.6. The number of nitrogens with zero attached hydrogens (tertiary/aromatic N) is 5. The molecule has 2 aliphatic carbocycles. The Morgan fingerprint density at radius 2 is 1.76 bits per heavy atom. The first kappa shape index (κ1) is 21.4. The molecule has 0 radical (unpaired) electrons. The van der Waals surface area contributed by atoms with Crippen LogP contribution in [0.25, 0.3) is 10.9 Å². The van der Waals surface area contributed by atoms with E-state index >= 15 is 0 Å². The summed E-state index contributed by atoms with van der Waals surface area (Å²) in [6, 6.07) is 8.90. The molecule has 2 aromatic heterocycles. The summed E-state index contributed by atoms with van der Waals surface area (Å²) < 4.78 is 0. The predicted octanol–water partition coefficient (Wildman–Crippen LogP) is 4.61. The van der Waals surface area contributed by atoms with Crippen molar-refractivity contribution in [2.24, 2.45) is 5.41 Å². The number of rotatable bonds is 5. The number of aromatic nitrogens is 4. The minimum Gasteiger partial charge on any atom is -0.371 e. The second-order valence-corrected chi connectivity index (χ2v) is 10.4. The van der Waals surface area contributed by atoms with E-state index in [2.05, 4.69) is 56.6 Å². The standard InChI is InChI=1S/C26H33N7O/c1-32(19-5-3-2-4-6-19)25-29-21-17-27-31-24(34)22(21)23(30-25)28-18-7-9-20(10-8-18)33-15-13-26(11-12-26)14-16-33/h7-10,17,19H,2-6,11-16H2,1H3,(H,31,34)(H,28,29,30). The minimum absolute atomic E-state index is 0.286. The Bertz CT molecular complexity index is 1220. The molecule has 0 bridgehead atoms. The largest absolute Gasteiger partial charge is 0.371 e. The number of hydrogen-bond donors (Lipinski definition) is 2. The lowest BCUT2D eigenvalue weighted by Crippen LogP contribution is -2.34. The van der Waals surface area contributed by atoms with Crippen molar-refractivity contribution in [2.45, 2.75) is 63.8 Å². The Balaban J connectivity index is 1.27. The molecule has 3 aliphatic rings. The number of fused-ring (bicyclic) bond motifs is 1. The van der Waals surface area contributed by atoms with E-state index in [1.165, 1.54) is 50.6 Å². The molecule has 1 aromatic carbocycles. The Morgan fingerprint density at radius 1 is 1.03 bits per heavy atom. The lowest BCUT2D eigenvalue weighted by molar-refractivity contribution is 0.384. The predicted molar refractivity (Wildman–Crippen MR) is 136 cm³/mol. The molecule has 0 atom stereocenters. The van der Waals surface area contributed by atoms with Gasteiger partial charge in [0.15, 0.2) is 0 Å². The lowest BCUT2D eigenvalue weighted by Gasteiger charge is -2.34. The van der Waals surface area contributed by atoms with Gasteiger partial charge in [-0.1, -0.05) is 19.3 Å². The van der Waals surface area contributed by atoms with Crippen molar-refractivity contribution >= 4 is 34.0 Å². The summed E-state index contributed by atoms with van der Waals surface area (Å²) in [5.41, 5.74) is 3.11. The van der Waals surface area contributed by atoms with Crippen LogP contribution in [0, 0.1) is 5.41 Å². The number of nitrogens with one attached hydrogen (secondary N) is 2. The second kappa shape index (κ2) is 8.56. The van der Waals surface area contributed by atoms with E-state index in [-0.39, 0.29) is 5.56 Å². The molecule has 3 aromatic rings. The number of aromatic amines is 1. The molecule has 1 spiro atoms. The van der Waals surface area contributed by atoms with E-state index in [0.717, 1.165) is 31.6 Å². The highest BCUT2D eigenvalue weighted by Gasteiger charge is 2.44. The molecular weight excluding hydrogens is 426 g/mol. The molecule has 8 heteroatoms. The first-order valence-corrected chi connectivity index (χ1v) is 12.7. The molecule has 2 N–H and O–H groups in total. The van der Waals surface area contributed by atoms with E-state index in [1.54, 1.807) is 6.20 Å². The summed E-state index contributed by atoms with van der Waals surface area (Å²) in [5.74, 6) is 1.15. The summed E-state index contributed by atoms with van der Waals surface area (Å²) in [6.45, 7) is 2.28. The van der Waals surface area contributed by atoms with Crippen LogP contribution in [0.1, 0.15) is 57.8 Å². The Hall–Kier alpha value is -3.16. The van der Waals surface area contributed by atoms with Gasteiger partial charge in [0.25, 0.3) is 5.56 Å². The minimum atomic E-state index is -0.286. The van der Waals surface area contributed by atoms with Crippen LogP contribution in [0.2, 0.25) is 0 Å². The third-order valence-electron chi connectivity index (χ3n) is 8.22. The monoisotopic (exact) mass is 459 g/mol. The topological polar surface area (TPSA) is 90.0 Å². The van der Waals surface area contributed by atoms with E-state index in [4.69, 9.17) is 9.97 Å². The molecular formula is C26H33N7O. The summed E-state index contributed by atoms with van der Waals surface area (Å²) in [6.07, 6.45) is 13.1. The number of benzene rings is 1. The summed E-state index contributed by atoms with van der Waals surface area (Å²) >= 11 is 0. The number of H-pyrrole nitrogens is 1. The van der Waals surface area contributed by atoms with Crippen LogP contribution in [0.3, 0.4) is 0 Å². The van der Waals surface area contributed by atoms with Crippen molar-refractivity contribution in [2.75, 3.05) is 35.3 Å². The first-order valence-electron chi connectivity index (χ1n) is 12.7. The third kappa shape index (κ3) is 4.10. The molecule has 34 heavy (non-hydrogen) atoms. The Labute approximate surface area is 199 Å². The molecule has 3 heterocycles. The maximum Gasteiger partial charge on any atom is 0.277 e. The fraction of sp³-hybridized carbons (Fsp3) is 0.538. The van der Waals surface area contributed by atoms with Gasteiger partial charge in [0, 0.05) is 37.6 Å². The second-order valence-electron chi connectivity index (χ2n) is 10.4. The fourth-order valence-electron chi connectivity index (χ4n) is 5.68. The van der Waals surface area contributed by atoms with Gasteiger partial charge < -0.3 is 15.1 Å². The summed E-state index contributed by atoms with van der Waals surface area (Å²) in [7, 11) is 2.06. The Kier molecular flexibility index (Phi) is 5.38. The molecule has 178 valence electrons. The average Bonchev–Trinajstić information content (AvgIpc) is 3.63. The highest BCUT2D eigenvalue weighted by atomic mass is 16.1. The van der Waals surface area contributed by atoms with Crippen molar-refractivity contribution in [3.05, 3.63) is 40.8 Å². The maximum atomic E-state index is 12.6. The zero-order chi connectivity index (χ0) is 23.1. The van der Waals surface area contributed by atoms with Gasteiger partial charge in [-0.05, 0) is 68.2 Å². The third-order valence-corrected chi connectivity index (χ3v) is 8.22. The van der Waals surface area contributed by atoms with Crippen LogP contribution in [0.4, 0.5) is 23.1 Å². The van der Waals surface area contributed by atoms with Gasteiger partial charge in [0.05, 0.1) is 6.20 Å². The maximum absolute atomic E-state index is 12.6. The summed E-state index contributed by atoms with van der Waals surface area (Å²) in [5, 5.41) is 10.3. The van der Waals surface area contributed by atoms with Crippen molar-refractivity contribution in [1.82, 2.24) is 20.2 Å². The zero-order valence-corrected chi connectivity index (χ0v) is 19.9. The van der Waals surface area contributed by atoms with E-state index in [1.807, 2.05) is 0 Å². The van der Waals surface area contributed by atoms with Crippen LogP contribution >= 0.6 is 0 Å². The van der Waals surface area contributed by atoms with Crippen molar-refractivity contribution in [3.63, 3.8) is 0 Å². The van der Waals surface area contributed by atoms with Crippen LogP contribution in [-0.2, 0) is 0 Å². The van der Waals surface area contributed by atoms with E-state index < -0.39 is 0 Å². The summed E-state index contributed by atoms with van der Waals surface area (Å²) in [4.78, 5) is 26.8. The molecule has 0 amide bonds.